The van der Waals surface area contributed by atoms with Gasteiger partial charge in [-0.05, 0) is 19.1 Å². The van der Waals surface area contributed by atoms with E-state index >= 15 is 0 Å². The number of carbonyl (C=O) groups is 1. The highest BCUT2D eigenvalue weighted by Crippen LogP contribution is 2.15. The summed E-state index contributed by atoms with van der Waals surface area (Å²) < 4.78 is 5.43. The fraction of sp³-hybridized carbons (Fsp3) is 0.818. The van der Waals surface area contributed by atoms with E-state index < -0.39 is 0 Å². The Hall–Kier alpha value is -1.54. The molecule has 1 fully saturated rings. The molecular formula is C11H20N6O2. The second-order valence-corrected chi connectivity index (χ2v) is 4.96. The van der Waals surface area contributed by atoms with Gasteiger partial charge in [0.1, 0.15) is 6.54 Å². The van der Waals surface area contributed by atoms with Gasteiger partial charge in [0.25, 0.3) is 0 Å². The van der Waals surface area contributed by atoms with E-state index in [4.69, 9.17) is 4.74 Å². The monoisotopic (exact) mass is 268 g/mol. The molecule has 19 heavy (non-hydrogen) atoms. The molecule has 0 aromatic carbocycles. The van der Waals surface area contributed by atoms with Crippen molar-refractivity contribution >= 4 is 5.91 Å². The summed E-state index contributed by atoms with van der Waals surface area (Å²) in [6.45, 7) is 5.98. The normalized spacial score (nSPS) is 24.0. The number of aromatic nitrogens is 4. The van der Waals surface area contributed by atoms with Crippen LogP contribution in [0.5, 0.6) is 0 Å². The average molecular weight is 268 g/mol. The van der Waals surface area contributed by atoms with E-state index in [1.165, 1.54) is 11.1 Å². The largest absolute Gasteiger partial charge is 0.378 e. The molecule has 8 nitrogen and oxygen atoms in total. The van der Waals surface area contributed by atoms with Gasteiger partial charge in [0, 0.05) is 26.2 Å². The van der Waals surface area contributed by atoms with E-state index in [0.29, 0.717) is 6.04 Å². The van der Waals surface area contributed by atoms with Crippen LogP contribution in [0.1, 0.15) is 13.8 Å². The van der Waals surface area contributed by atoms with Crippen LogP contribution in [0, 0.1) is 0 Å². The summed E-state index contributed by atoms with van der Waals surface area (Å²) in [6.07, 6.45) is 1.33. The molecule has 1 aliphatic heterocycles. The molecule has 2 heterocycles. The zero-order valence-electron chi connectivity index (χ0n) is 11.5. The molecule has 1 aromatic heterocycles. The minimum atomic E-state index is -0.129. The summed E-state index contributed by atoms with van der Waals surface area (Å²) in [5.41, 5.74) is 0. The summed E-state index contributed by atoms with van der Waals surface area (Å²) in [5.74, 6) is -0.129. The SMILES string of the molecule is CO[C@H]1CN(C(C)C)C[C@@H]1NC(=O)Cn1ncnn1. The standard InChI is InChI=1S/C11H20N6O2/c1-8(2)16-4-9(10(5-16)19-3)14-11(18)6-17-13-7-12-15-17/h7-10H,4-6H2,1-3H3,(H,14,18)/t9-,10-/m0/s1. The van der Waals surface area contributed by atoms with E-state index in [2.05, 4.69) is 39.5 Å². The fourth-order valence-electron chi connectivity index (χ4n) is 2.24. The highest BCUT2D eigenvalue weighted by Gasteiger charge is 2.34. The minimum Gasteiger partial charge on any atom is -0.378 e. The second-order valence-electron chi connectivity index (χ2n) is 4.96. The molecule has 106 valence electrons. The van der Waals surface area contributed by atoms with Crippen molar-refractivity contribution in [3.63, 3.8) is 0 Å². The number of likely N-dealkylation sites (tertiary alicyclic amines) is 1. The van der Waals surface area contributed by atoms with Crippen molar-refractivity contribution < 1.29 is 9.53 Å². The van der Waals surface area contributed by atoms with Crippen LogP contribution in [0.25, 0.3) is 0 Å². The van der Waals surface area contributed by atoms with Crippen molar-refractivity contribution in [2.24, 2.45) is 0 Å². The number of nitrogens with zero attached hydrogens (tertiary/aromatic N) is 5. The van der Waals surface area contributed by atoms with Crippen molar-refractivity contribution in [1.82, 2.24) is 30.4 Å². The topological polar surface area (TPSA) is 85.2 Å². The van der Waals surface area contributed by atoms with Crippen LogP contribution in [-0.4, -0.2) is 69.4 Å². The van der Waals surface area contributed by atoms with Crippen molar-refractivity contribution in [2.75, 3.05) is 20.2 Å². The van der Waals surface area contributed by atoms with Crippen LogP contribution < -0.4 is 5.32 Å². The fourth-order valence-corrected chi connectivity index (χ4v) is 2.24. The van der Waals surface area contributed by atoms with Gasteiger partial charge in [0.05, 0.1) is 12.1 Å². The first-order valence-corrected chi connectivity index (χ1v) is 6.37. The van der Waals surface area contributed by atoms with Gasteiger partial charge in [0.15, 0.2) is 6.33 Å². The van der Waals surface area contributed by atoms with Crippen molar-refractivity contribution in [2.45, 2.75) is 38.6 Å². The lowest BCUT2D eigenvalue weighted by molar-refractivity contribution is -0.123. The Kier molecular flexibility index (Phi) is 4.43. The molecule has 2 atom stereocenters. The lowest BCUT2D eigenvalue weighted by Gasteiger charge is -2.19. The third-order valence-corrected chi connectivity index (χ3v) is 3.35. The van der Waals surface area contributed by atoms with Gasteiger partial charge in [-0.15, -0.1) is 10.2 Å². The molecule has 1 N–H and O–H groups in total. The van der Waals surface area contributed by atoms with Gasteiger partial charge in [0.2, 0.25) is 5.91 Å². The van der Waals surface area contributed by atoms with E-state index in [1.807, 2.05) is 0 Å². The summed E-state index contributed by atoms with van der Waals surface area (Å²) >= 11 is 0. The molecule has 0 spiro atoms. The molecule has 1 saturated heterocycles. The van der Waals surface area contributed by atoms with Gasteiger partial charge in [-0.1, -0.05) is 0 Å². The Morgan fingerprint density at radius 2 is 2.32 bits per heavy atom. The molecule has 0 bridgehead atoms. The maximum atomic E-state index is 11.9. The number of carbonyl (C=O) groups excluding carboxylic acids is 1. The zero-order valence-corrected chi connectivity index (χ0v) is 11.5. The lowest BCUT2D eigenvalue weighted by atomic mass is 10.2. The Balaban J connectivity index is 1.88. The van der Waals surface area contributed by atoms with E-state index in [-0.39, 0.29) is 24.6 Å². The maximum absolute atomic E-state index is 11.9. The minimum absolute atomic E-state index is 0.00317. The van der Waals surface area contributed by atoms with E-state index in [1.54, 1.807) is 7.11 Å². The molecule has 1 aliphatic rings. The van der Waals surface area contributed by atoms with Crippen LogP contribution in [-0.2, 0) is 16.1 Å². The number of hydrogen-bond acceptors (Lipinski definition) is 6. The Morgan fingerprint density at radius 3 is 2.89 bits per heavy atom. The quantitative estimate of drug-likeness (QED) is 0.729. The van der Waals surface area contributed by atoms with Crippen molar-refractivity contribution in [3.8, 4) is 0 Å². The highest BCUT2D eigenvalue weighted by molar-refractivity contribution is 5.76. The molecule has 8 heteroatoms. The molecule has 0 saturated carbocycles. The van der Waals surface area contributed by atoms with Crippen molar-refractivity contribution in [1.29, 1.82) is 0 Å². The van der Waals surface area contributed by atoms with Gasteiger partial charge >= 0.3 is 0 Å². The summed E-state index contributed by atoms with van der Waals surface area (Å²) in [5, 5.41) is 14.0. The first kappa shape index (κ1) is 13.9. The predicted molar refractivity (Wildman–Crippen MR) is 67.3 cm³/mol. The number of nitrogens with one attached hydrogen (secondary N) is 1. The van der Waals surface area contributed by atoms with Crippen LogP contribution in [0.2, 0.25) is 0 Å². The van der Waals surface area contributed by atoms with Gasteiger partial charge in [-0.3, -0.25) is 9.69 Å². The van der Waals surface area contributed by atoms with Crippen LogP contribution in [0.3, 0.4) is 0 Å². The van der Waals surface area contributed by atoms with Gasteiger partial charge in [-0.2, -0.15) is 4.80 Å². The number of methoxy groups -OCH3 is 1. The third-order valence-electron chi connectivity index (χ3n) is 3.35. The number of amides is 1. The summed E-state index contributed by atoms with van der Waals surface area (Å²) in [7, 11) is 1.67. The Morgan fingerprint density at radius 1 is 1.53 bits per heavy atom. The molecule has 1 amide bonds. The molecule has 0 aliphatic carbocycles. The van der Waals surface area contributed by atoms with Crippen molar-refractivity contribution in [3.05, 3.63) is 6.33 Å². The van der Waals surface area contributed by atoms with Crippen LogP contribution in [0.4, 0.5) is 0 Å². The smallest absolute Gasteiger partial charge is 0.244 e. The van der Waals surface area contributed by atoms with E-state index in [9.17, 15) is 4.79 Å². The number of tetrazole rings is 1. The zero-order chi connectivity index (χ0) is 13.8. The molecule has 1 aromatic rings. The average Bonchev–Trinajstić information content (AvgIpc) is 2.98. The third kappa shape index (κ3) is 3.48. The lowest BCUT2D eigenvalue weighted by Crippen LogP contribution is -2.45. The number of ether oxygens (including phenoxy) is 1. The maximum Gasteiger partial charge on any atom is 0.244 e. The van der Waals surface area contributed by atoms with Crippen LogP contribution >= 0.6 is 0 Å². The van der Waals surface area contributed by atoms with E-state index in [0.717, 1.165) is 13.1 Å². The number of hydrogen-bond donors (Lipinski definition) is 1. The van der Waals surface area contributed by atoms with Gasteiger partial charge < -0.3 is 10.1 Å². The molecule has 2 rings (SSSR count). The van der Waals surface area contributed by atoms with Crippen LogP contribution in [0.15, 0.2) is 6.33 Å². The number of rotatable bonds is 5. The highest BCUT2D eigenvalue weighted by atomic mass is 16.5. The first-order chi connectivity index (χ1) is 9.10. The molecular weight excluding hydrogens is 248 g/mol. The summed E-state index contributed by atoms with van der Waals surface area (Å²) in [6, 6.07) is 0.444. The Labute approximate surface area is 112 Å². The molecule has 0 radical (unpaired) electrons. The second kappa shape index (κ2) is 6.07. The summed E-state index contributed by atoms with van der Waals surface area (Å²) in [4.78, 5) is 15.4. The van der Waals surface area contributed by atoms with Gasteiger partial charge in [-0.25, -0.2) is 0 Å². The first-order valence-electron chi connectivity index (χ1n) is 6.37. The predicted octanol–water partition coefficient (Wildman–Crippen LogP) is -1.10. The Bertz CT molecular complexity index is 407. The molecule has 0 unspecified atom stereocenters.